The summed E-state index contributed by atoms with van der Waals surface area (Å²) in [7, 11) is -1.99. The van der Waals surface area contributed by atoms with E-state index in [2.05, 4.69) is 38.8 Å². The van der Waals surface area contributed by atoms with Gasteiger partial charge in [-0.05, 0) is 43.1 Å². The van der Waals surface area contributed by atoms with Crippen LogP contribution in [0.1, 0.15) is 49.3 Å². The van der Waals surface area contributed by atoms with Gasteiger partial charge in [-0.3, -0.25) is 14.9 Å². The predicted octanol–water partition coefficient (Wildman–Crippen LogP) is 4.81. The highest BCUT2D eigenvalue weighted by Gasteiger charge is 2.37. The van der Waals surface area contributed by atoms with E-state index in [0.29, 0.717) is 19.6 Å². The maximum Gasteiger partial charge on any atom is 0.271 e. The predicted molar refractivity (Wildman–Crippen MR) is 131 cm³/mol. The van der Waals surface area contributed by atoms with E-state index in [1.807, 2.05) is 22.3 Å². The number of nitro groups is 1. The number of non-ortho nitro benzene ring substituents is 1. The number of nitro benzene ring substituents is 1. The fraction of sp³-hybridized carbons (Fsp3) is 0.478. The third-order valence-electron chi connectivity index (χ3n) is 6.70. The molecule has 9 nitrogen and oxygen atoms in total. The molecule has 0 fully saturated rings. The number of aromatic nitrogens is 3. The van der Waals surface area contributed by atoms with Crippen LogP contribution in [0.3, 0.4) is 0 Å². The fourth-order valence-electron chi connectivity index (χ4n) is 3.55. The third-order valence-corrected chi connectivity index (χ3v) is 11.2. The van der Waals surface area contributed by atoms with Gasteiger partial charge in [-0.2, -0.15) is 0 Å². The number of nitrogens with two attached hydrogens (primary N) is 1. The molecule has 178 valence electrons. The molecule has 0 bridgehead atoms. The lowest BCUT2D eigenvalue weighted by atomic mass is 10.2. The van der Waals surface area contributed by atoms with Gasteiger partial charge in [-0.1, -0.05) is 20.8 Å². The second-order valence-electron chi connectivity index (χ2n) is 10.0. The topological polar surface area (TPSA) is 118 Å². The molecule has 0 radical (unpaired) electrons. The second-order valence-corrected chi connectivity index (χ2v) is 14.9. The Balaban J connectivity index is 1.88. The molecule has 1 atom stereocenters. The number of imidazole rings is 1. The number of primary amides is 1. The summed E-state index contributed by atoms with van der Waals surface area (Å²) >= 11 is 0. The Morgan fingerprint density at radius 2 is 2.00 bits per heavy atom. The van der Waals surface area contributed by atoms with Crippen LogP contribution in [0.25, 0.3) is 10.9 Å². The highest BCUT2D eigenvalue weighted by molar-refractivity contribution is 6.74. The number of carbonyl (C=O) groups excluding carboxylic acids is 1. The van der Waals surface area contributed by atoms with Crippen molar-refractivity contribution < 1.29 is 14.1 Å². The highest BCUT2D eigenvalue weighted by atomic mass is 28.4. The van der Waals surface area contributed by atoms with Gasteiger partial charge < -0.3 is 19.3 Å². The molecule has 0 saturated heterocycles. The Morgan fingerprint density at radius 3 is 2.58 bits per heavy atom. The Hall–Kier alpha value is -2.98. The minimum atomic E-state index is -1.99. The van der Waals surface area contributed by atoms with Gasteiger partial charge in [0.05, 0.1) is 29.4 Å². The number of fused-ring (bicyclic) bond motifs is 1. The number of rotatable bonds is 9. The molecule has 33 heavy (non-hydrogen) atoms. The van der Waals surface area contributed by atoms with Crippen molar-refractivity contribution in [3.8, 4) is 0 Å². The summed E-state index contributed by atoms with van der Waals surface area (Å²) in [6, 6.07) is 4.88. The lowest BCUT2D eigenvalue weighted by Gasteiger charge is -2.37. The first-order valence-electron chi connectivity index (χ1n) is 11.0. The summed E-state index contributed by atoms with van der Waals surface area (Å²) in [5.74, 6) is -0.572. The summed E-state index contributed by atoms with van der Waals surface area (Å²) in [6.45, 7) is 14.1. The minimum Gasteiger partial charge on any atom is -0.415 e. The van der Waals surface area contributed by atoms with Gasteiger partial charge >= 0.3 is 0 Å². The Morgan fingerprint density at radius 1 is 1.30 bits per heavy atom. The molecule has 0 aliphatic rings. The van der Waals surface area contributed by atoms with Crippen LogP contribution in [0.2, 0.25) is 18.1 Å². The van der Waals surface area contributed by atoms with Crippen LogP contribution in [-0.4, -0.2) is 39.9 Å². The van der Waals surface area contributed by atoms with E-state index >= 15 is 0 Å². The van der Waals surface area contributed by atoms with Crippen LogP contribution >= 0.6 is 0 Å². The van der Waals surface area contributed by atoms with Gasteiger partial charge in [0, 0.05) is 36.5 Å². The molecular weight excluding hydrogens is 438 g/mol. The van der Waals surface area contributed by atoms with Crippen molar-refractivity contribution in [2.24, 2.45) is 5.73 Å². The fourth-order valence-corrected chi connectivity index (χ4v) is 4.60. The maximum absolute atomic E-state index is 11.6. The molecule has 0 aliphatic carbocycles. The number of hydrogen-bond acceptors (Lipinski definition) is 5. The molecule has 2 aromatic heterocycles. The minimum absolute atomic E-state index is 0.0670. The van der Waals surface area contributed by atoms with Crippen molar-refractivity contribution >= 4 is 30.8 Å². The Bertz CT molecular complexity index is 1180. The van der Waals surface area contributed by atoms with Crippen molar-refractivity contribution in [3.63, 3.8) is 0 Å². The monoisotopic (exact) mass is 471 g/mol. The molecule has 3 rings (SSSR count). The van der Waals surface area contributed by atoms with E-state index in [-0.39, 0.29) is 27.4 Å². The average Bonchev–Trinajstić information content (AvgIpc) is 3.32. The van der Waals surface area contributed by atoms with Gasteiger partial charge in [0.25, 0.3) is 11.6 Å². The van der Waals surface area contributed by atoms with Crippen molar-refractivity contribution in [2.45, 2.75) is 64.8 Å². The lowest BCUT2D eigenvalue weighted by molar-refractivity contribution is -0.384. The van der Waals surface area contributed by atoms with Crippen molar-refractivity contribution in [3.05, 3.63) is 58.3 Å². The van der Waals surface area contributed by atoms with Crippen LogP contribution in [-0.2, 0) is 11.0 Å². The zero-order valence-electron chi connectivity index (χ0n) is 20.2. The molecule has 3 aromatic rings. The molecular formula is C23H33N5O4Si. The average molecular weight is 472 g/mol. The number of amides is 1. The largest absolute Gasteiger partial charge is 0.415 e. The Labute approximate surface area is 194 Å². The quantitative estimate of drug-likeness (QED) is 0.273. The molecule has 0 unspecified atom stereocenters. The standard InChI is InChI=1S/C23H33N5O4Si/c1-16-12-26(21-11-17(28(30)31)7-8-19(16)21)10-9-18(14-32-33(5,6)23(2,3)4)27-13-20(22(24)29)25-15-27/h7-8,11-13,15,18H,9-10,14H2,1-6H3,(H2,24,29)/t18-/m1/s1. The van der Waals surface area contributed by atoms with Gasteiger partial charge in [-0.15, -0.1) is 0 Å². The number of carbonyl (C=O) groups is 1. The highest BCUT2D eigenvalue weighted by Crippen LogP contribution is 2.37. The first kappa shape index (κ1) is 24.7. The summed E-state index contributed by atoms with van der Waals surface area (Å²) in [5.41, 5.74) is 7.57. The molecule has 1 amide bonds. The lowest BCUT2D eigenvalue weighted by Crippen LogP contribution is -2.42. The molecule has 1 aromatic carbocycles. The zero-order valence-corrected chi connectivity index (χ0v) is 21.2. The summed E-state index contributed by atoms with van der Waals surface area (Å²) in [5, 5.41) is 12.3. The maximum atomic E-state index is 11.6. The van der Waals surface area contributed by atoms with Gasteiger partial charge in [-0.25, -0.2) is 4.98 Å². The Kier molecular flexibility index (Phi) is 6.80. The van der Waals surface area contributed by atoms with Gasteiger partial charge in [0.1, 0.15) is 5.69 Å². The van der Waals surface area contributed by atoms with Crippen molar-refractivity contribution in [2.75, 3.05) is 6.61 Å². The van der Waals surface area contributed by atoms with Crippen LogP contribution in [0.4, 0.5) is 5.69 Å². The molecule has 0 spiro atoms. The smallest absolute Gasteiger partial charge is 0.271 e. The van der Waals surface area contributed by atoms with E-state index in [0.717, 1.165) is 16.5 Å². The van der Waals surface area contributed by atoms with Crippen molar-refractivity contribution in [1.29, 1.82) is 0 Å². The van der Waals surface area contributed by atoms with Gasteiger partial charge in [0.2, 0.25) is 0 Å². The van der Waals surface area contributed by atoms with Crippen molar-refractivity contribution in [1.82, 2.24) is 14.1 Å². The van der Waals surface area contributed by atoms with E-state index in [1.165, 1.54) is 6.07 Å². The first-order valence-corrected chi connectivity index (χ1v) is 13.9. The number of aryl methyl sites for hydroxylation is 2. The molecule has 2 heterocycles. The normalized spacial score (nSPS) is 13.4. The summed E-state index contributed by atoms with van der Waals surface area (Å²) < 4.78 is 10.4. The zero-order chi connectivity index (χ0) is 24.6. The SMILES string of the molecule is Cc1cn(CC[C@H](CO[Si](C)(C)C(C)(C)C)n2cnc(C(N)=O)c2)c2cc([N+](=O)[O-])ccc12. The third kappa shape index (κ3) is 5.33. The van der Waals surface area contributed by atoms with E-state index in [9.17, 15) is 14.9 Å². The van der Waals surface area contributed by atoms with Crippen LogP contribution in [0.15, 0.2) is 36.9 Å². The van der Waals surface area contributed by atoms with Crippen LogP contribution < -0.4 is 5.73 Å². The summed E-state index contributed by atoms with van der Waals surface area (Å²) in [6.07, 6.45) is 5.98. The molecule has 0 aliphatic heterocycles. The number of benzene rings is 1. The van der Waals surface area contributed by atoms with Gasteiger partial charge in [0.15, 0.2) is 8.32 Å². The first-order chi connectivity index (χ1) is 15.3. The number of nitrogens with zero attached hydrogens (tertiary/aromatic N) is 4. The van der Waals surface area contributed by atoms with Crippen LogP contribution in [0, 0.1) is 17.0 Å². The molecule has 2 N–H and O–H groups in total. The number of hydrogen-bond donors (Lipinski definition) is 1. The molecule has 10 heteroatoms. The van der Waals surface area contributed by atoms with E-state index in [4.69, 9.17) is 10.2 Å². The summed E-state index contributed by atoms with van der Waals surface area (Å²) in [4.78, 5) is 26.6. The van der Waals surface area contributed by atoms with E-state index in [1.54, 1.807) is 24.7 Å². The molecule has 0 saturated carbocycles. The second kappa shape index (κ2) is 9.10. The van der Waals surface area contributed by atoms with E-state index < -0.39 is 14.2 Å². The van der Waals surface area contributed by atoms with Crippen LogP contribution in [0.5, 0.6) is 0 Å².